The van der Waals surface area contributed by atoms with Gasteiger partial charge in [-0.05, 0) is 5.92 Å². The maximum Gasteiger partial charge on any atom is 0.307 e. The summed E-state index contributed by atoms with van der Waals surface area (Å²) in [6.45, 7) is 4.15. The topological polar surface area (TPSA) is 37.3 Å². The SMILES string of the molecule is CC[C@@H](C)C=CCC(=O)O. The first kappa shape index (κ1) is 9.21. The van der Waals surface area contributed by atoms with E-state index in [1.54, 1.807) is 6.08 Å². The van der Waals surface area contributed by atoms with Gasteiger partial charge >= 0.3 is 5.97 Å². The van der Waals surface area contributed by atoms with Gasteiger partial charge < -0.3 is 5.11 Å². The van der Waals surface area contributed by atoms with Gasteiger partial charge in [-0.2, -0.15) is 0 Å². The van der Waals surface area contributed by atoms with Gasteiger partial charge in [0, 0.05) is 0 Å². The van der Waals surface area contributed by atoms with Gasteiger partial charge in [0.2, 0.25) is 0 Å². The van der Waals surface area contributed by atoms with Crippen LogP contribution in [0.5, 0.6) is 0 Å². The smallest absolute Gasteiger partial charge is 0.307 e. The van der Waals surface area contributed by atoms with Gasteiger partial charge in [0.15, 0.2) is 0 Å². The minimum absolute atomic E-state index is 0.143. The maximum absolute atomic E-state index is 10.0. The molecule has 0 unspecified atom stereocenters. The molecule has 1 N–H and O–H groups in total. The molecule has 0 bridgehead atoms. The van der Waals surface area contributed by atoms with Gasteiger partial charge in [0.05, 0.1) is 6.42 Å². The van der Waals surface area contributed by atoms with Crippen LogP contribution in [0.4, 0.5) is 0 Å². The van der Waals surface area contributed by atoms with E-state index in [0.717, 1.165) is 6.42 Å². The number of carbonyl (C=O) groups is 1. The highest BCUT2D eigenvalue weighted by atomic mass is 16.4. The zero-order chi connectivity index (χ0) is 7.98. The number of carboxylic acids is 1. The molecule has 0 aliphatic carbocycles. The van der Waals surface area contributed by atoms with E-state index in [2.05, 4.69) is 13.8 Å². The summed E-state index contributed by atoms with van der Waals surface area (Å²) in [6.07, 6.45) is 4.85. The van der Waals surface area contributed by atoms with Crippen LogP contribution in [0.2, 0.25) is 0 Å². The maximum atomic E-state index is 10.0. The molecule has 1 atom stereocenters. The average molecular weight is 142 g/mol. The molecule has 0 aliphatic rings. The van der Waals surface area contributed by atoms with E-state index >= 15 is 0 Å². The van der Waals surface area contributed by atoms with Crippen molar-refractivity contribution in [2.75, 3.05) is 0 Å². The van der Waals surface area contributed by atoms with Crippen LogP contribution in [0.1, 0.15) is 26.7 Å². The quantitative estimate of drug-likeness (QED) is 0.610. The second-order valence-electron chi connectivity index (χ2n) is 2.41. The Kier molecular flexibility index (Phi) is 4.63. The molecule has 10 heavy (non-hydrogen) atoms. The van der Waals surface area contributed by atoms with Crippen LogP contribution in [0.25, 0.3) is 0 Å². The molecule has 58 valence electrons. The van der Waals surface area contributed by atoms with E-state index in [4.69, 9.17) is 5.11 Å². The Labute approximate surface area is 61.6 Å². The van der Waals surface area contributed by atoms with E-state index in [1.165, 1.54) is 0 Å². The van der Waals surface area contributed by atoms with Crippen molar-refractivity contribution in [2.24, 2.45) is 5.92 Å². The van der Waals surface area contributed by atoms with Crippen LogP contribution >= 0.6 is 0 Å². The van der Waals surface area contributed by atoms with Crippen LogP contribution in [0, 0.1) is 5.92 Å². The third-order valence-electron chi connectivity index (χ3n) is 1.40. The summed E-state index contributed by atoms with van der Waals surface area (Å²) < 4.78 is 0. The van der Waals surface area contributed by atoms with Gasteiger partial charge in [-0.15, -0.1) is 0 Å². The summed E-state index contributed by atoms with van der Waals surface area (Å²) in [5.74, 6) is -0.265. The van der Waals surface area contributed by atoms with Crippen LogP contribution in [-0.4, -0.2) is 11.1 Å². The highest BCUT2D eigenvalue weighted by molar-refractivity contribution is 5.68. The van der Waals surface area contributed by atoms with Crippen molar-refractivity contribution in [3.8, 4) is 0 Å². The first-order valence-electron chi connectivity index (χ1n) is 3.55. The fraction of sp³-hybridized carbons (Fsp3) is 0.625. The second kappa shape index (κ2) is 5.03. The molecular formula is C8H14O2. The number of aliphatic carboxylic acids is 1. The van der Waals surface area contributed by atoms with Crippen LogP contribution < -0.4 is 0 Å². The molecule has 0 aromatic rings. The van der Waals surface area contributed by atoms with Crippen molar-refractivity contribution in [1.29, 1.82) is 0 Å². The average Bonchev–Trinajstić information content (AvgIpc) is 1.87. The van der Waals surface area contributed by atoms with E-state index < -0.39 is 5.97 Å². The fourth-order valence-electron chi connectivity index (χ4n) is 0.537. The van der Waals surface area contributed by atoms with Crippen molar-refractivity contribution in [2.45, 2.75) is 26.7 Å². The van der Waals surface area contributed by atoms with Crippen molar-refractivity contribution in [3.63, 3.8) is 0 Å². The lowest BCUT2D eigenvalue weighted by atomic mass is 10.1. The number of hydrogen-bond donors (Lipinski definition) is 1. The molecule has 0 saturated heterocycles. The van der Waals surface area contributed by atoms with Crippen molar-refractivity contribution in [1.82, 2.24) is 0 Å². The molecule has 0 aliphatic heterocycles. The Balaban J connectivity index is 3.45. The van der Waals surface area contributed by atoms with Crippen molar-refractivity contribution < 1.29 is 9.90 Å². The highest BCUT2D eigenvalue weighted by Gasteiger charge is 1.92. The van der Waals surface area contributed by atoms with E-state index in [0.29, 0.717) is 5.92 Å². The molecule has 0 fully saturated rings. The molecule has 0 heterocycles. The van der Waals surface area contributed by atoms with Gasteiger partial charge in [-0.3, -0.25) is 4.79 Å². The first-order chi connectivity index (χ1) is 4.66. The lowest BCUT2D eigenvalue weighted by Crippen LogP contribution is -1.91. The Morgan fingerprint density at radius 1 is 1.70 bits per heavy atom. The number of carboxylic acid groups (broad SMARTS) is 1. The molecule has 0 radical (unpaired) electrons. The van der Waals surface area contributed by atoms with Gasteiger partial charge in [-0.25, -0.2) is 0 Å². The molecule has 0 spiro atoms. The third kappa shape index (κ3) is 5.35. The summed E-state index contributed by atoms with van der Waals surface area (Å²) in [6, 6.07) is 0. The molecule has 0 saturated carbocycles. The second-order valence-corrected chi connectivity index (χ2v) is 2.41. The lowest BCUT2D eigenvalue weighted by molar-refractivity contribution is -0.136. The van der Waals surface area contributed by atoms with Crippen molar-refractivity contribution >= 4 is 5.97 Å². The Morgan fingerprint density at radius 2 is 2.30 bits per heavy atom. The summed E-state index contributed by atoms with van der Waals surface area (Å²) in [5, 5.41) is 8.25. The Morgan fingerprint density at radius 3 is 2.70 bits per heavy atom. The normalized spacial score (nSPS) is 13.8. The predicted octanol–water partition coefficient (Wildman–Crippen LogP) is 2.06. The highest BCUT2D eigenvalue weighted by Crippen LogP contribution is 2.02. The fourth-order valence-corrected chi connectivity index (χ4v) is 0.537. The largest absolute Gasteiger partial charge is 0.481 e. The standard InChI is InChI=1S/C8H14O2/c1-3-7(2)5-4-6-8(9)10/h4-5,7H,3,6H2,1-2H3,(H,9,10)/t7-/m1/s1. The zero-order valence-electron chi connectivity index (χ0n) is 6.50. The Bertz CT molecular complexity index is 127. The summed E-state index contributed by atoms with van der Waals surface area (Å²) in [4.78, 5) is 10.0. The lowest BCUT2D eigenvalue weighted by Gasteiger charge is -1.97. The molecule has 0 rings (SSSR count). The van der Waals surface area contributed by atoms with Gasteiger partial charge in [-0.1, -0.05) is 32.4 Å². The minimum atomic E-state index is -0.764. The Hall–Kier alpha value is -0.790. The van der Waals surface area contributed by atoms with Crippen LogP contribution in [-0.2, 0) is 4.79 Å². The van der Waals surface area contributed by atoms with Gasteiger partial charge in [0.25, 0.3) is 0 Å². The van der Waals surface area contributed by atoms with E-state index in [9.17, 15) is 4.79 Å². The molecule has 2 nitrogen and oxygen atoms in total. The summed E-state index contributed by atoms with van der Waals surface area (Å²) in [5.41, 5.74) is 0. The monoisotopic (exact) mass is 142 g/mol. The van der Waals surface area contributed by atoms with E-state index in [-0.39, 0.29) is 6.42 Å². The minimum Gasteiger partial charge on any atom is -0.481 e. The summed E-state index contributed by atoms with van der Waals surface area (Å²) >= 11 is 0. The first-order valence-corrected chi connectivity index (χ1v) is 3.55. The number of rotatable bonds is 4. The summed E-state index contributed by atoms with van der Waals surface area (Å²) in [7, 11) is 0. The third-order valence-corrected chi connectivity index (χ3v) is 1.40. The molecule has 2 heteroatoms. The molecular weight excluding hydrogens is 128 g/mol. The van der Waals surface area contributed by atoms with E-state index in [1.807, 2.05) is 6.08 Å². The van der Waals surface area contributed by atoms with Crippen LogP contribution in [0.15, 0.2) is 12.2 Å². The van der Waals surface area contributed by atoms with Crippen LogP contribution in [0.3, 0.4) is 0 Å². The molecule has 0 aromatic carbocycles. The molecule has 0 amide bonds. The van der Waals surface area contributed by atoms with Gasteiger partial charge in [0.1, 0.15) is 0 Å². The van der Waals surface area contributed by atoms with Crippen molar-refractivity contribution in [3.05, 3.63) is 12.2 Å². The zero-order valence-corrected chi connectivity index (χ0v) is 6.50. The predicted molar refractivity (Wildman–Crippen MR) is 40.8 cm³/mol. The number of allylic oxidation sites excluding steroid dienone is 1. The number of hydrogen-bond acceptors (Lipinski definition) is 1. The molecule has 0 aromatic heterocycles.